The Bertz CT molecular complexity index is 209. The number of rotatable bonds is 9. The third kappa shape index (κ3) is 5.28. The van der Waals surface area contributed by atoms with E-state index in [-0.39, 0.29) is 0 Å². The van der Waals surface area contributed by atoms with Gasteiger partial charge in [-0.1, -0.05) is 6.58 Å². The van der Waals surface area contributed by atoms with Crippen molar-refractivity contribution in [2.45, 2.75) is 18.6 Å². The first kappa shape index (κ1) is 11.1. The molecule has 0 aromatic carbocycles. The maximum atomic E-state index is 5.41. The lowest BCUT2D eigenvalue weighted by molar-refractivity contribution is 0.108. The molecule has 0 aromatic rings. The van der Waals surface area contributed by atoms with Gasteiger partial charge in [-0.25, -0.2) is 0 Å². The van der Waals surface area contributed by atoms with Crippen LogP contribution in [0.15, 0.2) is 12.2 Å². The molecule has 4 heteroatoms. The molecule has 2 atom stereocenters. The molecule has 2 rings (SSSR count). The van der Waals surface area contributed by atoms with Crippen LogP contribution >= 0.6 is 0 Å². The molecule has 0 aromatic heterocycles. The number of hydrogen-bond acceptors (Lipinski definition) is 4. The maximum Gasteiger partial charge on any atom is 0.104 e. The SMILES string of the molecule is C=C(CCOCC1CO1)COCC1CO1. The molecule has 0 aliphatic carbocycles. The molecule has 2 aliphatic heterocycles. The van der Waals surface area contributed by atoms with Gasteiger partial charge in [0.15, 0.2) is 0 Å². The second-order valence-electron chi connectivity index (χ2n) is 4.00. The average Bonchev–Trinajstić information content (AvgIpc) is 3.06. The molecular weight excluding hydrogens is 196 g/mol. The molecule has 0 amide bonds. The fourth-order valence-electron chi connectivity index (χ4n) is 1.17. The van der Waals surface area contributed by atoms with E-state index in [2.05, 4.69) is 6.58 Å². The molecule has 2 unspecified atom stereocenters. The summed E-state index contributed by atoms with van der Waals surface area (Å²) in [7, 11) is 0. The zero-order valence-electron chi connectivity index (χ0n) is 8.94. The monoisotopic (exact) mass is 214 g/mol. The Kier molecular flexibility index (Phi) is 4.14. The first-order valence-corrected chi connectivity index (χ1v) is 5.40. The Morgan fingerprint density at radius 3 is 2.33 bits per heavy atom. The summed E-state index contributed by atoms with van der Waals surface area (Å²) >= 11 is 0. The zero-order valence-corrected chi connectivity index (χ0v) is 8.94. The Morgan fingerprint density at radius 1 is 1.13 bits per heavy atom. The summed E-state index contributed by atoms with van der Waals surface area (Å²) in [6.45, 7) is 8.35. The standard InChI is InChI=1S/C11H18O4/c1-9(4-13-6-11-8-15-11)2-3-12-5-10-7-14-10/h10-11H,1-8H2. The van der Waals surface area contributed by atoms with Crippen LogP contribution in [0.1, 0.15) is 6.42 Å². The van der Waals surface area contributed by atoms with Crippen LogP contribution in [0.25, 0.3) is 0 Å². The first-order chi connectivity index (χ1) is 7.34. The predicted molar refractivity (Wildman–Crippen MR) is 54.9 cm³/mol. The van der Waals surface area contributed by atoms with Gasteiger partial charge in [0.25, 0.3) is 0 Å². The van der Waals surface area contributed by atoms with Crippen LogP contribution in [0.2, 0.25) is 0 Å². The maximum absolute atomic E-state index is 5.41. The van der Waals surface area contributed by atoms with Gasteiger partial charge in [-0.05, 0) is 12.0 Å². The lowest BCUT2D eigenvalue weighted by atomic mass is 10.2. The van der Waals surface area contributed by atoms with Gasteiger partial charge < -0.3 is 18.9 Å². The third-order valence-corrected chi connectivity index (χ3v) is 2.32. The third-order valence-electron chi connectivity index (χ3n) is 2.32. The number of epoxide rings is 2. The molecule has 86 valence electrons. The van der Waals surface area contributed by atoms with E-state index in [1.165, 1.54) is 0 Å². The van der Waals surface area contributed by atoms with Gasteiger partial charge >= 0.3 is 0 Å². The van der Waals surface area contributed by atoms with E-state index in [9.17, 15) is 0 Å². The molecule has 0 saturated carbocycles. The van der Waals surface area contributed by atoms with Gasteiger partial charge in [-0.15, -0.1) is 0 Å². The van der Waals surface area contributed by atoms with Crippen molar-refractivity contribution in [2.24, 2.45) is 0 Å². The summed E-state index contributed by atoms with van der Waals surface area (Å²) in [6, 6.07) is 0. The topological polar surface area (TPSA) is 43.5 Å². The summed E-state index contributed by atoms with van der Waals surface area (Å²) < 4.78 is 20.9. The van der Waals surface area contributed by atoms with Crippen molar-refractivity contribution < 1.29 is 18.9 Å². The normalized spacial score (nSPS) is 27.7. The van der Waals surface area contributed by atoms with Gasteiger partial charge in [-0.3, -0.25) is 0 Å². The Morgan fingerprint density at radius 2 is 1.73 bits per heavy atom. The molecular formula is C11H18O4. The van der Waals surface area contributed by atoms with Crippen molar-refractivity contribution in [3.63, 3.8) is 0 Å². The highest BCUT2D eigenvalue weighted by molar-refractivity contribution is 4.94. The molecule has 4 nitrogen and oxygen atoms in total. The first-order valence-electron chi connectivity index (χ1n) is 5.40. The molecule has 2 heterocycles. The fraction of sp³-hybridized carbons (Fsp3) is 0.818. The van der Waals surface area contributed by atoms with Crippen LogP contribution in [0, 0.1) is 0 Å². The minimum absolute atomic E-state index is 0.334. The Balaban J connectivity index is 1.37. The minimum atomic E-state index is 0.334. The van der Waals surface area contributed by atoms with Gasteiger partial charge in [0.2, 0.25) is 0 Å². The van der Waals surface area contributed by atoms with E-state index < -0.39 is 0 Å². The molecule has 0 radical (unpaired) electrons. The highest BCUT2D eigenvalue weighted by Crippen LogP contribution is 2.11. The second kappa shape index (κ2) is 5.61. The molecule has 15 heavy (non-hydrogen) atoms. The number of ether oxygens (including phenoxy) is 4. The van der Waals surface area contributed by atoms with Gasteiger partial charge in [0.05, 0.1) is 39.6 Å². The highest BCUT2D eigenvalue weighted by atomic mass is 16.6. The van der Waals surface area contributed by atoms with E-state index in [4.69, 9.17) is 18.9 Å². The average molecular weight is 214 g/mol. The predicted octanol–water partition coefficient (Wildman–Crippen LogP) is 0.763. The van der Waals surface area contributed by atoms with Crippen molar-refractivity contribution in [2.75, 3.05) is 39.6 Å². The quantitative estimate of drug-likeness (QED) is 0.323. The molecule has 2 aliphatic rings. The minimum Gasteiger partial charge on any atom is -0.378 e. The van der Waals surface area contributed by atoms with Crippen molar-refractivity contribution in [3.05, 3.63) is 12.2 Å². The molecule has 0 bridgehead atoms. The summed E-state index contributed by atoms with van der Waals surface area (Å²) in [5.74, 6) is 0. The van der Waals surface area contributed by atoms with Crippen molar-refractivity contribution in [1.82, 2.24) is 0 Å². The summed E-state index contributed by atoms with van der Waals surface area (Å²) in [6.07, 6.45) is 1.54. The van der Waals surface area contributed by atoms with Crippen molar-refractivity contribution >= 4 is 0 Å². The van der Waals surface area contributed by atoms with Crippen LogP contribution < -0.4 is 0 Å². The van der Waals surface area contributed by atoms with Gasteiger partial charge in [0, 0.05) is 0 Å². The molecule has 2 saturated heterocycles. The molecule has 2 fully saturated rings. The Hall–Kier alpha value is -0.420. The lowest BCUT2D eigenvalue weighted by Crippen LogP contribution is -2.07. The Labute approximate surface area is 90.1 Å². The van der Waals surface area contributed by atoms with Crippen molar-refractivity contribution in [3.8, 4) is 0 Å². The van der Waals surface area contributed by atoms with E-state index in [0.717, 1.165) is 25.2 Å². The van der Waals surface area contributed by atoms with E-state index >= 15 is 0 Å². The van der Waals surface area contributed by atoms with Crippen LogP contribution in [-0.2, 0) is 18.9 Å². The molecule has 0 N–H and O–H groups in total. The van der Waals surface area contributed by atoms with E-state index in [0.29, 0.717) is 38.6 Å². The lowest BCUT2D eigenvalue weighted by Gasteiger charge is -2.06. The zero-order chi connectivity index (χ0) is 10.5. The molecule has 0 spiro atoms. The largest absolute Gasteiger partial charge is 0.378 e. The summed E-state index contributed by atoms with van der Waals surface area (Å²) in [5.41, 5.74) is 1.08. The summed E-state index contributed by atoms with van der Waals surface area (Å²) in [4.78, 5) is 0. The smallest absolute Gasteiger partial charge is 0.104 e. The fourth-order valence-corrected chi connectivity index (χ4v) is 1.17. The van der Waals surface area contributed by atoms with Crippen LogP contribution in [0.5, 0.6) is 0 Å². The van der Waals surface area contributed by atoms with Crippen LogP contribution in [-0.4, -0.2) is 51.8 Å². The number of hydrogen-bond donors (Lipinski definition) is 0. The highest BCUT2D eigenvalue weighted by Gasteiger charge is 2.22. The van der Waals surface area contributed by atoms with Crippen molar-refractivity contribution in [1.29, 1.82) is 0 Å². The van der Waals surface area contributed by atoms with E-state index in [1.54, 1.807) is 0 Å². The van der Waals surface area contributed by atoms with Crippen LogP contribution in [0.3, 0.4) is 0 Å². The van der Waals surface area contributed by atoms with E-state index in [1.807, 2.05) is 0 Å². The van der Waals surface area contributed by atoms with Gasteiger partial charge in [0.1, 0.15) is 12.2 Å². The summed E-state index contributed by atoms with van der Waals surface area (Å²) in [5, 5.41) is 0. The second-order valence-corrected chi connectivity index (χ2v) is 4.00. The van der Waals surface area contributed by atoms with Gasteiger partial charge in [-0.2, -0.15) is 0 Å². The van der Waals surface area contributed by atoms with Crippen LogP contribution in [0.4, 0.5) is 0 Å².